The van der Waals surface area contributed by atoms with E-state index in [0.29, 0.717) is 4.57 Å². The molecule has 0 amide bonds. The van der Waals surface area contributed by atoms with E-state index in [1.54, 1.807) is 0 Å². The van der Waals surface area contributed by atoms with Crippen LogP contribution in [0.1, 0.15) is 12.5 Å². The van der Waals surface area contributed by atoms with Crippen LogP contribution < -0.4 is 22.7 Å². The second-order valence-electron chi connectivity index (χ2n) is 8.78. The number of nitrogens with one attached hydrogen (secondary N) is 1. The number of nitrogens with two attached hydrogens (primary N) is 1. The summed E-state index contributed by atoms with van der Waals surface area (Å²) < 4.78 is 50.4. The van der Waals surface area contributed by atoms with E-state index in [2.05, 4.69) is 9.51 Å². The summed E-state index contributed by atoms with van der Waals surface area (Å²) in [7, 11) is -10.3. The van der Waals surface area contributed by atoms with Crippen LogP contribution in [0.4, 0.5) is 5.82 Å². The Bertz CT molecular complexity index is 1520. The van der Waals surface area contributed by atoms with Gasteiger partial charge < -0.3 is 45.2 Å². The summed E-state index contributed by atoms with van der Waals surface area (Å²) in [5, 5.41) is 31.3. The summed E-state index contributed by atoms with van der Waals surface area (Å²) in [6, 6.07) is 2.10. The van der Waals surface area contributed by atoms with Crippen molar-refractivity contribution < 1.29 is 62.2 Å². The Morgan fingerprint density at radius 2 is 1.51 bits per heavy atom. The van der Waals surface area contributed by atoms with Gasteiger partial charge in [-0.05, 0) is 6.07 Å². The molecule has 2 aliphatic rings. The molecular formula is C18H25N5O16P2. The molecule has 2 fully saturated rings. The average molecular weight is 629 g/mol. The summed E-state index contributed by atoms with van der Waals surface area (Å²) >= 11 is 0. The van der Waals surface area contributed by atoms with E-state index in [-0.39, 0.29) is 5.82 Å². The Kier molecular flexibility index (Phi) is 9.12. The molecule has 4 rings (SSSR count). The van der Waals surface area contributed by atoms with E-state index in [1.165, 1.54) is 0 Å². The van der Waals surface area contributed by atoms with E-state index in [9.17, 15) is 43.7 Å². The van der Waals surface area contributed by atoms with Gasteiger partial charge in [0.05, 0.1) is 13.2 Å². The molecule has 0 aliphatic carbocycles. The van der Waals surface area contributed by atoms with Gasteiger partial charge in [-0.15, -0.1) is 0 Å². The minimum atomic E-state index is -5.23. The number of aliphatic hydroxyl groups excluding tert-OH is 3. The lowest BCUT2D eigenvalue weighted by atomic mass is 10.1. The third kappa shape index (κ3) is 7.24. The number of aromatic amines is 1. The molecule has 228 valence electrons. The first kappa shape index (κ1) is 31.3. The van der Waals surface area contributed by atoms with Crippen molar-refractivity contribution >= 4 is 21.5 Å². The fourth-order valence-corrected chi connectivity index (χ4v) is 5.33. The summed E-state index contributed by atoms with van der Waals surface area (Å²) in [4.78, 5) is 69.3. The maximum absolute atomic E-state index is 12.8. The maximum atomic E-state index is 12.8. The van der Waals surface area contributed by atoms with Gasteiger partial charge in [-0.3, -0.25) is 32.5 Å². The SMILES string of the molecule is Nc1ccn([C@@H]2O[C@H](COP(=O)(O)O)[C@@H](O)[C@H]2OP(=O)(O)OC[C@H]2O[C@@H](n3ccc(=O)[nH]c3=O)[C@H](O)[C@@H]2O)c(=O)n1. The lowest BCUT2D eigenvalue weighted by Gasteiger charge is -2.25. The second kappa shape index (κ2) is 11.9. The van der Waals surface area contributed by atoms with Crippen LogP contribution in [0.15, 0.2) is 38.9 Å². The molecule has 0 bridgehead atoms. The molecule has 41 heavy (non-hydrogen) atoms. The van der Waals surface area contributed by atoms with Crippen molar-refractivity contribution in [3.05, 3.63) is 55.8 Å². The van der Waals surface area contributed by atoms with E-state index in [4.69, 9.17) is 34.0 Å². The fourth-order valence-electron chi connectivity index (χ4n) is 4.06. The first-order chi connectivity index (χ1) is 19.1. The minimum absolute atomic E-state index is 0.195. The molecule has 4 heterocycles. The molecule has 1 unspecified atom stereocenters. The second-order valence-corrected chi connectivity index (χ2v) is 11.4. The fraction of sp³-hybridized carbons (Fsp3) is 0.556. The van der Waals surface area contributed by atoms with Crippen molar-refractivity contribution in [3.63, 3.8) is 0 Å². The first-order valence-electron chi connectivity index (χ1n) is 11.4. The van der Waals surface area contributed by atoms with Crippen LogP contribution in [0.3, 0.4) is 0 Å². The van der Waals surface area contributed by atoms with Crippen LogP contribution in [0.5, 0.6) is 0 Å². The highest BCUT2D eigenvalue weighted by Crippen LogP contribution is 2.50. The van der Waals surface area contributed by atoms with Crippen LogP contribution in [0, 0.1) is 0 Å². The van der Waals surface area contributed by atoms with E-state index in [1.807, 2.05) is 4.98 Å². The Morgan fingerprint density at radius 3 is 2.15 bits per heavy atom. The van der Waals surface area contributed by atoms with Crippen LogP contribution in [0.2, 0.25) is 0 Å². The molecule has 2 aromatic heterocycles. The number of aromatic nitrogens is 4. The highest BCUT2D eigenvalue weighted by molar-refractivity contribution is 7.47. The summed E-state index contributed by atoms with van der Waals surface area (Å²) in [5.74, 6) is -0.195. The number of aliphatic hydroxyl groups is 3. The van der Waals surface area contributed by atoms with Crippen molar-refractivity contribution in [2.45, 2.75) is 49.1 Å². The standard InChI is InChI=1S/C18H25N5O16P2/c19-9-1-3-23(17(28)20-9)16-14(12(26)8(38-16)5-35-40(30,31)32)39-41(33,34)36-6-7-11(25)13(27)15(37-7)22-4-2-10(24)21-18(22)29/h1-4,7-8,11-16,25-27H,5-6H2,(H,33,34)(H2,19,20,28)(H,21,24,29)(H2,30,31,32)/t7-,8-,11-,12-,13-,14-,15-,16-/m1/s1. The predicted molar refractivity (Wildman–Crippen MR) is 129 cm³/mol. The van der Waals surface area contributed by atoms with Gasteiger partial charge >= 0.3 is 27.0 Å². The van der Waals surface area contributed by atoms with Gasteiger partial charge in [0.15, 0.2) is 12.5 Å². The molecule has 0 aromatic carbocycles. The Morgan fingerprint density at radius 1 is 0.902 bits per heavy atom. The molecule has 21 nitrogen and oxygen atoms in total. The number of hydrogen-bond donors (Lipinski definition) is 8. The van der Waals surface area contributed by atoms with Gasteiger partial charge in [0.25, 0.3) is 5.56 Å². The van der Waals surface area contributed by atoms with Crippen LogP contribution in [-0.4, -0.2) is 98.9 Å². The third-order valence-electron chi connectivity index (χ3n) is 5.96. The first-order valence-corrected chi connectivity index (χ1v) is 14.5. The van der Waals surface area contributed by atoms with Gasteiger partial charge in [-0.25, -0.2) is 18.7 Å². The Hall–Kier alpha value is -2.62. The number of anilines is 1. The zero-order valence-electron chi connectivity index (χ0n) is 20.4. The lowest BCUT2D eigenvalue weighted by molar-refractivity contribution is -0.0649. The third-order valence-corrected chi connectivity index (χ3v) is 7.44. The minimum Gasteiger partial charge on any atom is -0.387 e. The summed E-state index contributed by atoms with van der Waals surface area (Å²) in [5.41, 5.74) is 2.70. The van der Waals surface area contributed by atoms with Gasteiger partial charge in [-0.1, -0.05) is 0 Å². The molecule has 2 aromatic rings. The van der Waals surface area contributed by atoms with Crippen molar-refractivity contribution in [1.82, 2.24) is 19.1 Å². The number of phosphoric acid groups is 2. The smallest absolute Gasteiger partial charge is 0.387 e. The molecule has 0 spiro atoms. The largest absolute Gasteiger partial charge is 0.472 e. The molecule has 9 N–H and O–H groups in total. The average Bonchev–Trinajstić information content (AvgIpc) is 3.31. The topological polar surface area (TPSA) is 317 Å². The van der Waals surface area contributed by atoms with Crippen molar-refractivity contribution in [1.29, 1.82) is 0 Å². The number of nitrogen functional groups attached to an aromatic ring is 1. The monoisotopic (exact) mass is 629 g/mol. The number of ether oxygens (including phenoxy) is 2. The number of phosphoric ester groups is 2. The van der Waals surface area contributed by atoms with E-state index < -0.39 is 94.9 Å². The van der Waals surface area contributed by atoms with Gasteiger partial charge in [0.1, 0.15) is 42.4 Å². The van der Waals surface area contributed by atoms with Crippen LogP contribution in [-0.2, 0) is 32.2 Å². The number of nitrogens with zero attached hydrogens (tertiary/aromatic N) is 3. The van der Waals surface area contributed by atoms with Crippen molar-refractivity contribution in [2.24, 2.45) is 0 Å². The molecule has 23 heteroatoms. The van der Waals surface area contributed by atoms with E-state index >= 15 is 0 Å². The van der Waals surface area contributed by atoms with Crippen LogP contribution >= 0.6 is 15.6 Å². The molecule has 9 atom stereocenters. The normalized spacial score (nSPS) is 31.8. The highest BCUT2D eigenvalue weighted by atomic mass is 31.2. The van der Waals surface area contributed by atoms with Crippen LogP contribution in [0.25, 0.3) is 0 Å². The van der Waals surface area contributed by atoms with Crippen molar-refractivity contribution in [2.75, 3.05) is 18.9 Å². The Balaban J connectivity index is 1.49. The molecular weight excluding hydrogens is 604 g/mol. The number of rotatable bonds is 10. The zero-order valence-corrected chi connectivity index (χ0v) is 22.2. The zero-order chi connectivity index (χ0) is 30.3. The molecule has 0 radical (unpaired) electrons. The van der Waals surface area contributed by atoms with Gasteiger partial charge in [-0.2, -0.15) is 4.98 Å². The maximum Gasteiger partial charge on any atom is 0.472 e. The number of hydrogen-bond acceptors (Lipinski definition) is 15. The highest BCUT2D eigenvalue weighted by Gasteiger charge is 2.51. The summed E-state index contributed by atoms with van der Waals surface area (Å²) in [6.45, 7) is -1.84. The van der Waals surface area contributed by atoms with E-state index in [0.717, 1.165) is 29.1 Å². The number of H-pyrrole nitrogens is 1. The Labute approximate surface area is 227 Å². The predicted octanol–water partition coefficient (Wildman–Crippen LogP) is -4.14. The van der Waals surface area contributed by atoms with Gasteiger partial charge in [0.2, 0.25) is 0 Å². The summed E-state index contributed by atoms with van der Waals surface area (Å²) in [6.07, 6.45) is -11.6. The van der Waals surface area contributed by atoms with Gasteiger partial charge in [0, 0.05) is 18.5 Å². The quantitative estimate of drug-likeness (QED) is 0.116. The molecule has 0 saturated carbocycles. The van der Waals surface area contributed by atoms with Crippen molar-refractivity contribution in [3.8, 4) is 0 Å². The molecule has 2 aliphatic heterocycles. The molecule has 2 saturated heterocycles. The lowest BCUT2D eigenvalue weighted by Crippen LogP contribution is -2.38.